The fourth-order valence-corrected chi connectivity index (χ4v) is 3.79. The highest BCUT2D eigenvalue weighted by atomic mass is 32.1. The number of aromatic nitrogens is 1. The number of H-pyrrole nitrogens is 1. The van der Waals surface area contributed by atoms with Gasteiger partial charge in [0.2, 0.25) is 0 Å². The van der Waals surface area contributed by atoms with E-state index in [1.165, 1.54) is 35.6 Å². The number of rotatable bonds is 2. The minimum atomic E-state index is -0.435. The van der Waals surface area contributed by atoms with Crippen molar-refractivity contribution in [3.05, 3.63) is 70.1 Å². The predicted molar refractivity (Wildman–Crippen MR) is 96.6 cm³/mol. The summed E-state index contributed by atoms with van der Waals surface area (Å²) in [5, 5.41) is 22.6. The van der Waals surface area contributed by atoms with Gasteiger partial charge in [-0.1, -0.05) is 24.3 Å². The van der Waals surface area contributed by atoms with Gasteiger partial charge in [-0.15, -0.1) is 11.3 Å². The molecule has 0 bridgehead atoms. The summed E-state index contributed by atoms with van der Waals surface area (Å²) in [7, 11) is 0. The second-order valence-corrected chi connectivity index (χ2v) is 6.46. The third kappa shape index (κ3) is 2.56. The third-order valence-corrected chi connectivity index (χ3v) is 4.93. The van der Waals surface area contributed by atoms with Gasteiger partial charge in [0, 0.05) is 10.9 Å². The zero-order chi connectivity index (χ0) is 17.6. The minimum Gasteiger partial charge on any atom is -0.508 e. The molecule has 2 heterocycles. The predicted octanol–water partition coefficient (Wildman–Crippen LogP) is 4.47. The van der Waals surface area contributed by atoms with Crippen molar-refractivity contribution in [2.45, 2.75) is 0 Å². The first-order chi connectivity index (χ1) is 12.0. The van der Waals surface area contributed by atoms with Crippen LogP contribution < -0.4 is 5.56 Å². The zero-order valence-corrected chi connectivity index (χ0v) is 13.6. The molecule has 0 spiro atoms. The summed E-state index contributed by atoms with van der Waals surface area (Å²) in [5.41, 5.74) is 1.65. The van der Waals surface area contributed by atoms with E-state index in [1.54, 1.807) is 24.3 Å². The van der Waals surface area contributed by atoms with Crippen molar-refractivity contribution in [1.29, 1.82) is 0 Å². The summed E-state index contributed by atoms with van der Waals surface area (Å²) in [6.07, 6.45) is 0. The van der Waals surface area contributed by atoms with E-state index in [-0.39, 0.29) is 17.1 Å². The zero-order valence-electron chi connectivity index (χ0n) is 12.8. The Morgan fingerprint density at radius 2 is 1.56 bits per heavy atom. The Kier molecular flexibility index (Phi) is 3.54. The van der Waals surface area contributed by atoms with Crippen LogP contribution in [-0.4, -0.2) is 15.2 Å². The summed E-state index contributed by atoms with van der Waals surface area (Å²) in [6.45, 7) is 0. The van der Waals surface area contributed by atoms with Crippen molar-refractivity contribution in [3.63, 3.8) is 0 Å². The van der Waals surface area contributed by atoms with E-state index >= 15 is 0 Å². The van der Waals surface area contributed by atoms with Gasteiger partial charge >= 0.3 is 0 Å². The molecule has 0 fully saturated rings. The number of benzene rings is 2. The molecule has 0 amide bonds. The maximum atomic E-state index is 13.2. The van der Waals surface area contributed by atoms with Crippen LogP contribution in [0.2, 0.25) is 0 Å². The van der Waals surface area contributed by atoms with Gasteiger partial charge in [-0.2, -0.15) is 0 Å². The molecule has 0 aliphatic rings. The number of hydrogen-bond donors (Lipinski definition) is 3. The molecule has 6 heteroatoms. The Hall–Kier alpha value is -3.12. The first-order valence-corrected chi connectivity index (χ1v) is 8.34. The Morgan fingerprint density at radius 1 is 0.920 bits per heavy atom. The van der Waals surface area contributed by atoms with Crippen molar-refractivity contribution >= 4 is 21.6 Å². The highest BCUT2D eigenvalue weighted by Gasteiger charge is 2.18. The highest BCUT2D eigenvalue weighted by Crippen LogP contribution is 2.41. The molecule has 0 saturated carbocycles. The van der Waals surface area contributed by atoms with E-state index < -0.39 is 11.4 Å². The molecule has 0 saturated heterocycles. The van der Waals surface area contributed by atoms with E-state index in [2.05, 4.69) is 4.98 Å². The van der Waals surface area contributed by atoms with E-state index in [1.807, 2.05) is 5.38 Å². The maximum absolute atomic E-state index is 13.2. The summed E-state index contributed by atoms with van der Waals surface area (Å²) < 4.78 is 13.2. The Balaban J connectivity index is 2.00. The minimum absolute atomic E-state index is 0.103. The van der Waals surface area contributed by atoms with Gasteiger partial charge in [0.15, 0.2) is 0 Å². The monoisotopic (exact) mass is 353 g/mol. The fourth-order valence-electron chi connectivity index (χ4n) is 2.82. The number of aromatic amines is 1. The number of aromatic hydroxyl groups is 2. The van der Waals surface area contributed by atoms with Crippen molar-refractivity contribution in [2.75, 3.05) is 0 Å². The van der Waals surface area contributed by atoms with Crippen molar-refractivity contribution < 1.29 is 14.6 Å². The molecule has 4 nitrogen and oxygen atoms in total. The topological polar surface area (TPSA) is 73.3 Å². The van der Waals surface area contributed by atoms with Crippen LogP contribution in [0.1, 0.15) is 0 Å². The molecule has 4 rings (SSSR count). The Bertz CT molecular complexity index is 1130. The summed E-state index contributed by atoms with van der Waals surface area (Å²) in [4.78, 5) is 15.7. The van der Waals surface area contributed by atoms with Crippen molar-refractivity contribution in [1.82, 2.24) is 4.98 Å². The molecule has 0 aliphatic heterocycles. The van der Waals surface area contributed by atoms with Gasteiger partial charge in [0.05, 0.1) is 10.9 Å². The summed E-state index contributed by atoms with van der Waals surface area (Å²) >= 11 is 1.31. The summed E-state index contributed by atoms with van der Waals surface area (Å²) in [5.74, 6) is -0.413. The van der Waals surface area contributed by atoms with Crippen molar-refractivity contribution in [3.8, 4) is 33.8 Å². The summed E-state index contributed by atoms with van der Waals surface area (Å²) in [6, 6.07) is 12.0. The van der Waals surface area contributed by atoms with Crippen LogP contribution in [0.3, 0.4) is 0 Å². The normalized spacial score (nSPS) is 11.1. The highest BCUT2D eigenvalue weighted by molar-refractivity contribution is 7.17. The van der Waals surface area contributed by atoms with Crippen LogP contribution >= 0.6 is 11.3 Å². The number of phenolic OH excluding ortho intramolecular Hbond substituents is 1. The van der Waals surface area contributed by atoms with Crippen LogP contribution in [0, 0.1) is 5.82 Å². The van der Waals surface area contributed by atoms with Crippen LogP contribution in [-0.2, 0) is 0 Å². The molecule has 0 atom stereocenters. The van der Waals surface area contributed by atoms with E-state index in [0.717, 1.165) is 11.1 Å². The molecule has 3 N–H and O–H groups in total. The third-order valence-electron chi connectivity index (χ3n) is 4.03. The van der Waals surface area contributed by atoms with Crippen molar-refractivity contribution in [2.24, 2.45) is 0 Å². The Morgan fingerprint density at radius 3 is 2.24 bits per heavy atom. The van der Waals surface area contributed by atoms with Crippen LogP contribution in [0.15, 0.2) is 58.7 Å². The molecular formula is C19H12FNO3S. The second-order valence-electron chi connectivity index (χ2n) is 5.58. The van der Waals surface area contributed by atoms with E-state index in [0.29, 0.717) is 15.8 Å². The average molecular weight is 353 g/mol. The largest absolute Gasteiger partial charge is 0.508 e. The molecule has 2 aromatic heterocycles. The van der Waals surface area contributed by atoms with Gasteiger partial charge in [-0.3, -0.25) is 4.79 Å². The maximum Gasteiger partial charge on any atom is 0.260 e. The number of fused-ring (bicyclic) bond motifs is 1. The standard InChI is InChI=1S/C19H12FNO3S/c20-12-5-1-11(2-6-12)15-17(23)16-14(9-25-19(16)21-18(15)24)10-3-7-13(22)8-4-10/h1-9,22H,(H2,21,23,24). The number of nitrogens with one attached hydrogen (secondary N) is 1. The van der Waals surface area contributed by atoms with Gasteiger partial charge in [0.25, 0.3) is 5.56 Å². The van der Waals surface area contributed by atoms with E-state index in [4.69, 9.17) is 0 Å². The lowest BCUT2D eigenvalue weighted by Crippen LogP contribution is -2.08. The molecule has 4 aromatic rings. The van der Waals surface area contributed by atoms with Crippen LogP contribution in [0.25, 0.3) is 32.5 Å². The van der Waals surface area contributed by atoms with Crippen LogP contribution in [0.5, 0.6) is 11.5 Å². The molecule has 2 aromatic carbocycles. The van der Waals surface area contributed by atoms with Gasteiger partial charge in [-0.05, 0) is 35.4 Å². The number of halogens is 1. The van der Waals surface area contributed by atoms with Crippen LogP contribution in [0.4, 0.5) is 4.39 Å². The average Bonchev–Trinajstić information content (AvgIpc) is 3.01. The quantitative estimate of drug-likeness (QED) is 0.498. The smallest absolute Gasteiger partial charge is 0.260 e. The molecule has 0 radical (unpaired) electrons. The van der Waals surface area contributed by atoms with Gasteiger partial charge in [0.1, 0.15) is 22.1 Å². The fraction of sp³-hybridized carbons (Fsp3) is 0. The number of hydrogen-bond acceptors (Lipinski definition) is 4. The lowest BCUT2D eigenvalue weighted by molar-refractivity contribution is 0.475. The molecule has 0 aliphatic carbocycles. The Labute approximate surface area is 145 Å². The van der Waals surface area contributed by atoms with E-state index in [9.17, 15) is 19.4 Å². The van der Waals surface area contributed by atoms with Gasteiger partial charge in [-0.25, -0.2) is 4.39 Å². The lowest BCUT2D eigenvalue weighted by Gasteiger charge is -2.07. The molecule has 124 valence electrons. The van der Waals surface area contributed by atoms with Gasteiger partial charge < -0.3 is 15.2 Å². The number of phenols is 1. The second kappa shape index (κ2) is 5.75. The lowest BCUT2D eigenvalue weighted by atomic mass is 10.0. The molecule has 0 unspecified atom stereocenters. The number of thiophene rings is 1. The number of pyridine rings is 1. The first kappa shape index (κ1) is 15.4. The first-order valence-electron chi connectivity index (χ1n) is 7.46. The molecular weight excluding hydrogens is 341 g/mol. The SMILES string of the molecule is O=c1[nH]c2scc(-c3ccc(O)cc3)c2c(O)c1-c1ccc(F)cc1. The molecule has 25 heavy (non-hydrogen) atoms.